The number of ether oxygens (including phenoxy) is 3. The predicted molar refractivity (Wildman–Crippen MR) is 81.3 cm³/mol. The van der Waals surface area contributed by atoms with Crippen molar-refractivity contribution in [1.29, 1.82) is 0 Å². The molecule has 2 N–H and O–H groups in total. The first kappa shape index (κ1) is 14.4. The van der Waals surface area contributed by atoms with E-state index < -0.39 is 0 Å². The van der Waals surface area contributed by atoms with E-state index in [2.05, 4.69) is 0 Å². The topological polar surface area (TPSA) is 68.2 Å². The standard InChI is InChI=1S/C17H18O5/c1-20-14-6-5-13(16(19)17(14)21-2)11-7-10-3-4-12(18)8-15(10)22-9-11/h3-6,8,11,18-19H,7,9H2,1-2H3. The van der Waals surface area contributed by atoms with Gasteiger partial charge in [0.25, 0.3) is 0 Å². The summed E-state index contributed by atoms with van der Waals surface area (Å²) in [5.74, 6) is 1.79. The van der Waals surface area contributed by atoms with Gasteiger partial charge in [-0.15, -0.1) is 0 Å². The Morgan fingerprint density at radius 2 is 1.91 bits per heavy atom. The van der Waals surface area contributed by atoms with Gasteiger partial charge in [0.2, 0.25) is 5.75 Å². The minimum Gasteiger partial charge on any atom is -0.508 e. The van der Waals surface area contributed by atoms with Crippen molar-refractivity contribution >= 4 is 0 Å². The second kappa shape index (κ2) is 5.67. The quantitative estimate of drug-likeness (QED) is 0.912. The molecule has 1 unspecified atom stereocenters. The first-order chi connectivity index (χ1) is 10.6. The molecule has 3 rings (SSSR count). The molecule has 0 aromatic heterocycles. The third kappa shape index (κ3) is 2.39. The van der Waals surface area contributed by atoms with Gasteiger partial charge in [0, 0.05) is 17.5 Å². The molecule has 2 aromatic carbocycles. The highest BCUT2D eigenvalue weighted by Gasteiger charge is 2.26. The zero-order valence-corrected chi connectivity index (χ0v) is 12.5. The Morgan fingerprint density at radius 1 is 1.09 bits per heavy atom. The summed E-state index contributed by atoms with van der Waals surface area (Å²) in [6, 6.07) is 8.70. The van der Waals surface area contributed by atoms with Crippen molar-refractivity contribution in [3.63, 3.8) is 0 Å². The van der Waals surface area contributed by atoms with Gasteiger partial charge in [-0.25, -0.2) is 0 Å². The van der Waals surface area contributed by atoms with E-state index in [9.17, 15) is 10.2 Å². The number of rotatable bonds is 3. The maximum absolute atomic E-state index is 10.4. The van der Waals surface area contributed by atoms with Crippen molar-refractivity contribution in [2.24, 2.45) is 0 Å². The smallest absolute Gasteiger partial charge is 0.203 e. The zero-order chi connectivity index (χ0) is 15.7. The maximum atomic E-state index is 10.4. The predicted octanol–water partition coefficient (Wildman–Crippen LogP) is 2.83. The lowest BCUT2D eigenvalue weighted by Gasteiger charge is -2.27. The molecule has 1 atom stereocenters. The van der Waals surface area contributed by atoms with E-state index in [0.717, 1.165) is 17.5 Å². The number of benzene rings is 2. The highest BCUT2D eigenvalue weighted by molar-refractivity contribution is 5.56. The average Bonchev–Trinajstić information content (AvgIpc) is 2.54. The molecule has 0 amide bonds. The first-order valence-electron chi connectivity index (χ1n) is 7.02. The SMILES string of the molecule is COc1ccc(C2COc3cc(O)ccc3C2)c(O)c1OC. The lowest BCUT2D eigenvalue weighted by atomic mass is 9.89. The van der Waals surface area contributed by atoms with Gasteiger partial charge in [-0.2, -0.15) is 0 Å². The summed E-state index contributed by atoms with van der Waals surface area (Å²) >= 11 is 0. The van der Waals surface area contributed by atoms with E-state index in [1.807, 2.05) is 12.1 Å². The molecule has 1 aliphatic heterocycles. The molecule has 0 spiro atoms. The minimum atomic E-state index is 0.0110. The van der Waals surface area contributed by atoms with Crippen molar-refractivity contribution in [3.8, 4) is 28.7 Å². The normalized spacial score (nSPS) is 16.5. The lowest BCUT2D eigenvalue weighted by molar-refractivity contribution is 0.256. The molecular formula is C17H18O5. The number of phenols is 2. The van der Waals surface area contributed by atoms with Gasteiger partial charge in [0.1, 0.15) is 11.5 Å². The van der Waals surface area contributed by atoms with Crippen LogP contribution in [-0.2, 0) is 6.42 Å². The van der Waals surface area contributed by atoms with Gasteiger partial charge >= 0.3 is 0 Å². The van der Waals surface area contributed by atoms with Crippen LogP contribution in [0.1, 0.15) is 17.0 Å². The van der Waals surface area contributed by atoms with Crippen LogP contribution in [0.5, 0.6) is 28.7 Å². The van der Waals surface area contributed by atoms with E-state index in [0.29, 0.717) is 23.9 Å². The molecule has 2 aromatic rings. The van der Waals surface area contributed by atoms with Crippen LogP contribution in [0.25, 0.3) is 0 Å². The average molecular weight is 302 g/mol. The molecule has 0 aliphatic carbocycles. The van der Waals surface area contributed by atoms with Crippen molar-refractivity contribution < 1.29 is 24.4 Å². The Morgan fingerprint density at radius 3 is 2.64 bits per heavy atom. The second-order valence-electron chi connectivity index (χ2n) is 5.24. The molecule has 1 aliphatic rings. The molecule has 5 heteroatoms. The highest BCUT2D eigenvalue weighted by Crippen LogP contribution is 2.44. The largest absolute Gasteiger partial charge is 0.508 e. The summed E-state index contributed by atoms with van der Waals surface area (Å²) in [5, 5.41) is 19.9. The Balaban J connectivity index is 1.94. The van der Waals surface area contributed by atoms with Crippen LogP contribution in [-0.4, -0.2) is 31.0 Å². The van der Waals surface area contributed by atoms with Crippen molar-refractivity contribution in [3.05, 3.63) is 41.5 Å². The van der Waals surface area contributed by atoms with Gasteiger partial charge < -0.3 is 24.4 Å². The van der Waals surface area contributed by atoms with Crippen LogP contribution in [0.4, 0.5) is 0 Å². The van der Waals surface area contributed by atoms with E-state index in [-0.39, 0.29) is 17.4 Å². The number of methoxy groups -OCH3 is 2. The van der Waals surface area contributed by atoms with Gasteiger partial charge in [-0.1, -0.05) is 12.1 Å². The summed E-state index contributed by atoms with van der Waals surface area (Å²) in [6.07, 6.45) is 0.721. The maximum Gasteiger partial charge on any atom is 0.203 e. The molecule has 22 heavy (non-hydrogen) atoms. The van der Waals surface area contributed by atoms with Crippen LogP contribution in [0.3, 0.4) is 0 Å². The second-order valence-corrected chi connectivity index (χ2v) is 5.24. The van der Waals surface area contributed by atoms with Gasteiger partial charge in [0.05, 0.1) is 20.8 Å². The van der Waals surface area contributed by atoms with Crippen LogP contribution in [0.15, 0.2) is 30.3 Å². The van der Waals surface area contributed by atoms with E-state index in [1.54, 1.807) is 18.2 Å². The number of phenolic OH excluding ortho intramolecular Hbond substituents is 2. The van der Waals surface area contributed by atoms with Crippen molar-refractivity contribution in [1.82, 2.24) is 0 Å². The molecule has 0 radical (unpaired) electrons. The monoisotopic (exact) mass is 302 g/mol. The first-order valence-corrected chi connectivity index (χ1v) is 7.02. The fraction of sp³-hybridized carbons (Fsp3) is 0.294. The lowest BCUT2D eigenvalue weighted by Crippen LogP contribution is -2.19. The molecule has 5 nitrogen and oxygen atoms in total. The highest BCUT2D eigenvalue weighted by atomic mass is 16.5. The molecule has 0 fully saturated rings. The Hall–Kier alpha value is -2.56. The Labute approximate surface area is 128 Å². The number of aromatic hydroxyl groups is 2. The Kier molecular flexibility index (Phi) is 3.71. The van der Waals surface area contributed by atoms with E-state index >= 15 is 0 Å². The van der Waals surface area contributed by atoms with Crippen molar-refractivity contribution in [2.45, 2.75) is 12.3 Å². The van der Waals surface area contributed by atoms with Crippen LogP contribution >= 0.6 is 0 Å². The van der Waals surface area contributed by atoms with E-state index in [4.69, 9.17) is 14.2 Å². The minimum absolute atomic E-state index is 0.0110. The number of hydrogen-bond donors (Lipinski definition) is 2. The number of hydrogen-bond acceptors (Lipinski definition) is 5. The third-order valence-electron chi connectivity index (χ3n) is 3.95. The molecule has 0 bridgehead atoms. The fourth-order valence-electron chi connectivity index (χ4n) is 2.82. The third-order valence-corrected chi connectivity index (χ3v) is 3.95. The van der Waals surface area contributed by atoms with Gasteiger partial charge in [-0.05, 0) is 24.1 Å². The Bertz CT molecular complexity index is 696. The molecular weight excluding hydrogens is 284 g/mol. The summed E-state index contributed by atoms with van der Waals surface area (Å²) in [6.45, 7) is 0.430. The van der Waals surface area contributed by atoms with Crippen molar-refractivity contribution in [2.75, 3.05) is 20.8 Å². The van der Waals surface area contributed by atoms with Crippen LogP contribution in [0, 0.1) is 0 Å². The van der Waals surface area contributed by atoms with Gasteiger partial charge in [0.15, 0.2) is 11.5 Å². The number of fused-ring (bicyclic) bond motifs is 1. The summed E-state index contributed by atoms with van der Waals surface area (Å²) in [4.78, 5) is 0. The van der Waals surface area contributed by atoms with Gasteiger partial charge in [-0.3, -0.25) is 0 Å². The van der Waals surface area contributed by atoms with Crippen LogP contribution in [0.2, 0.25) is 0 Å². The molecule has 0 saturated carbocycles. The fourth-order valence-corrected chi connectivity index (χ4v) is 2.82. The van der Waals surface area contributed by atoms with Crippen LogP contribution < -0.4 is 14.2 Å². The summed E-state index contributed by atoms with van der Waals surface area (Å²) < 4.78 is 16.1. The molecule has 0 saturated heterocycles. The summed E-state index contributed by atoms with van der Waals surface area (Å²) in [7, 11) is 3.03. The molecule has 116 valence electrons. The summed E-state index contributed by atoms with van der Waals surface area (Å²) in [5.41, 5.74) is 1.76. The van der Waals surface area contributed by atoms with E-state index in [1.165, 1.54) is 14.2 Å². The zero-order valence-electron chi connectivity index (χ0n) is 12.5. The molecule has 1 heterocycles.